The van der Waals surface area contributed by atoms with E-state index >= 15 is 0 Å². The van der Waals surface area contributed by atoms with Crippen LogP contribution in [-0.4, -0.2) is 17.4 Å². The number of benzene rings is 2. The third-order valence-corrected chi connectivity index (χ3v) is 4.20. The van der Waals surface area contributed by atoms with Crippen LogP contribution < -0.4 is 5.32 Å². The molecule has 1 heterocycles. The molecule has 4 nitrogen and oxygen atoms in total. The summed E-state index contributed by atoms with van der Waals surface area (Å²) in [7, 11) is 0. The van der Waals surface area contributed by atoms with Gasteiger partial charge in [0.25, 0.3) is 0 Å². The number of hydrogen-bond donors (Lipinski definition) is 1. The Morgan fingerprint density at radius 3 is 2.60 bits per heavy atom. The summed E-state index contributed by atoms with van der Waals surface area (Å²) in [6.45, 7) is 2.31. The molecule has 1 aromatic heterocycles. The first-order chi connectivity index (χ1) is 12.1. The van der Waals surface area contributed by atoms with Gasteiger partial charge in [-0.25, -0.2) is 4.98 Å². The van der Waals surface area contributed by atoms with Crippen molar-refractivity contribution < 1.29 is 9.21 Å². The Balaban J connectivity index is 1.59. The van der Waals surface area contributed by atoms with E-state index in [4.69, 9.17) is 16.0 Å². The fraction of sp³-hybridized carbons (Fsp3) is 0.200. The number of halogens is 1. The van der Waals surface area contributed by atoms with Gasteiger partial charge < -0.3 is 9.73 Å². The van der Waals surface area contributed by atoms with Crippen LogP contribution in [0.2, 0.25) is 5.02 Å². The molecule has 0 bridgehead atoms. The lowest BCUT2D eigenvalue weighted by Gasteiger charge is -2.06. The van der Waals surface area contributed by atoms with Crippen LogP contribution in [0.3, 0.4) is 0 Å². The number of aromatic nitrogens is 1. The van der Waals surface area contributed by atoms with Gasteiger partial charge in [0.05, 0.1) is 6.42 Å². The first kappa shape index (κ1) is 17.2. The van der Waals surface area contributed by atoms with Crippen molar-refractivity contribution in [3.63, 3.8) is 0 Å². The van der Waals surface area contributed by atoms with Gasteiger partial charge in [0.15, 0.2) is 5.89 Å². The predicted molar refractivity (Wildman–Crippen MR) is 98.5 cm³/mol. The minimum Gasteiger partial charge on any atom is -0.445 e. The molecule has 0 radical (unpaired) electrons. The van der Waals surface area contributed by atoms with Gasteiger partial charge >= 0.3 is 0 Å². The third kappa shape index (κ3) is 4.48. The summed E-state index contributed by atoms with van der Waals surface area (Å²) >= 11 is 6.09. The number of nitrogens with one attached hydrogen (secondary N) is 1. The Labute approximate surface area is 151 Å². The number of carbonyl (C=O) groups excluding carboxylic acids is 1. The molecule has 3 rings (SSSR count). The molecule has 0 unspecified atom stereocenters. The Kier molecular flexibility index (Phi) is 5.51. The van der Waals surface area contributed by atoms with Crippen molar-refractivity contribution in [2.24, 2.45) is 0 Å². The van der Waals surface area contributed by atoms with Gasteiger partial charge in [-0.1, -0.05) is 60.1 Å². The van der Waals surface area contributed by atoms with Crippen molar-refractivity contribution in [3.05, 3.63) is 76.8 Å². The minimum absolute atomic E-state index is 0.0643. The second kappa shape index (κ2) is 7.99. The molecule has 5 heteroatoms. The zero-order valence-corrected chi connectivity index (χ0v) is 14.7. The lowest BCUT2D eigenvalue weighted by atomic mass is 10.1. The summed E-state index contributed by atoms with van der Waals surface area (Å²) in [4.78, 5) is 16.6. The van der Waals surface area contributed by atoms with Crippen molar-refractivity contribution >= 4 is 17.5 Å². The second-order valence-corrected chi connectivity index (χ2v) is 6.15. The maximum atomic E-state index is 12.1. The molecule has 3 aromatic rings. The lowest BCUT2D eigenvalue weighted by Crippen LogP contribution is -2.27. The highest BCUT2D eigenvalue weighted by Gasteiger charge is 2.13. The SMILES string of the molecule is Cc1nc(-c2ccccc2)c(CCNC(=O)Cc2ccccc2Cl)o1. The molecule has 0 spiro atoms. The third-order valence-electron chi connectivity index (χ3n) is 3.83. The average molecular weight is 355 g/mol. The maximum Gasteiger partial charge on any atom is 0.224 e. The molecule has 25 heavy (non-hydrogen) atoms. The molecule has 0 fully saturated rings. The van der Waals surface area contributed by atoms with Crippen LogP contribution in [0.5, 0.6) is 0 Å². The minimum atomic E-state index is -0.0643. The van der Waals surface area contributed by atoms with Gasteiger partial charge in [-0.05, 0) is 11.6 Å². The van der Waals surface area contributed by atoms with Crippen LogP contribution in [0.15, 0.2) is 59.0 Å². The number of rotatable bonds is 6. The molecule has 0 aliphatic carbocycles. The summed E-state index contributed by atoms with van der Waals surface area (Å²) < 4.78 is 5.70. The Bertz CT molecular complexity index is 859. The van der Waals surface area contributed by atoms with Crippen LogP contribution in [0, 0.1) is 6.92 Å². The zero-order chi connectivity index (χ0) is 17.6. The lowest BCUT2D eigenvalue weighted by molar-refractivity contribution is -0.120. The first-order valence-electron chi connectivity index (χ1n) is 8.15. The summed E-state index contributed by atoms with van der Waals surface area (Å²) in [5.74, 6) is 1.34. The molecule has 0 aliphatic rings. The molecule has 0 aliphatic heterocycles. The van der Waals surface area contributed by atoms with Gasteiger partial charge in [0, 0.05) is 30.5 Å². The fourth-order valence-electron chi connectivity index (χ4n) is 2.65. The zero-order valence-electron chi connectivity index (χ0n) is 14.0. The first-order valence-corrected chi connectivity index (χ1v) is 8.53. The summed E-state index contributed by atoms with van der Waals surface area (Å²) in [5, 5.41) is 3.52. The number of nitrogens with zero attached hydrogens (tertiary/aromatic N) is 1. The van der Waals surface area contributed by atoms with Gasteiger partial charge in [-0.15, -0.1) is 0 Å². The summed E-state index contributed by atoms with van der Waals surface area (Å²) in [6, 6.07) is 17.3. The molecule has 128 valence electrons. The molecule has 1 N–H and O–H groups in total. The smallest absolute Gasteiger partial charge is 0.224 e. The number of carbonyl (C=O) groups is 1. The van der Waals surface area contributed by atoms with Crippen LogP contribution >= 0.6 is 11.6 Å². The maximum absolute atomic E-state index is 12.1. The fourth-order valence-corrected chi connectivity index (χ4v) is 2.86. The molecule has 0 atom stereocenters. The number of amides is 1. The highest BCUT2D eigenvalue weighted by molar-refractivity contribution is 6.31. The quantitative estimate of drug-likeness (QED) is 0.721. The van der Waals surface area contributed by atoms with Crippen LogP contribution in [0.4, 0.5) is 0 Å². The molecular weight excluding hydrogens is 336 g/mol. The number of aryl methyl sites for hydroxylation is 1. The highest BCUT2D eigenvalue weighted by atomic mass is 35.5. The molecule has 1 amide bonds. The van der Waals surface area contributed by atoms with Crippen LogP contribution in [0.25, 0.3) is 11.3 Å². The van der Waals surface area contributed by atoms with Gasteiger partial charge in [0.1, 0.15) is 11.5 Å². The van der Waals surface area contributed by atoms with E-state index in [1.165, 1.54) is 0 Å². The van der Waals surface area contributed by atoms with E-state index in [-0.39, 0.29) is 12.3 Å². The average Bonchev–Trinajstić information content (AvgIpc) is 2.98. The molecule has 2 aromatic carbocycles. The van der Waals surface area contributed by atoms with Gasteiger partial charge in [0.2, 0.25) is 5.91 Å². The highest BCUT2D eigenvalue weighted by Crippen LogP contribution is 2.24. The molecular formula is C20H19ClN2O2. The van der Waals surface area contributed by atoms with Crippen molar-refractivity contribution in [1.82, 2.24) is 10.3 Å². The number of hydrogen-bond acceptors (Lipinski definition) is 3. The van der Waals surface area contributed by atoms with Crippen molar-refractivity contribution in [3.8, 4) is 11.3 Å². The monoisotopic (exact) mass is 354 g/mol. The Morgan fingerprint density at radius 1 is 1.12 bits per heavy atom. The molecule has 0 saturated carbocycles. The number of oxazole rings is 1. The molecule has 0 saturated heterocycles. The predicted octanol–water partition coefficient (Wildman–Crippen LogP) is 4.20. The second-order valence-electron chi connectivity index (χ2n) is 5.74. The van der Waals surface area contributed by atoms with Crippen LogP contribution in [-0.2, 0) is 17.6 Å². The van der Waals surface area contributed by atoms with E-state index in [0.717, 1.165) is 22.6 Å². The van der Waals surface area contributed by atoms with Crippen LogP contribution in [0.1, 0.15) is 17.2 Å². The Hall–Kier alpha value is -2.59. The van der Waals surface area contributed by atoms with E-state index in [1.54, 1.807) is 6.07 Å². The van der Waals surface area contributed by atoms with E-state index < -0.39 is 0 Å². The van der Waals surface area contributed by atoms with Crippen molar-refractivity contribution in [1.29, 1.82) is 0 Å². The van der Waals surface area contributed by atoms with E-state index in [9.17, 15) is 4.79 Å². The van der Waals surface area contributed by atoms with E-state index in [2.05, 4.69) is 10.3 Å². The van der Waals surface area contributed by atoms with Gasteiger partial charge in [-0.2, -0.15) is 0 Å². The summed E-state index contributed by atoms with van der Waals surface area (Å²) in [6.07, 6.45) is 0.847. The van der Waals surface area contributed by atoms with Crippen molar-refractivity contribution in [2.45, 2.75) is 19.8 Å². The van der Waals surface area contributed by atoms with Crippen molar-refractivity contribution in [2.75, 3.05) is 6.54 Å². The topological polar surface area (TPSA) is 55.1 Å². The largest absolute Gasteiger partial charge is 0.445 e. The van der Waals surface area contributed by atoms with E-state index in [0.29, 0.717) is 23.9 Å². The normalized spacial score (nSPS) is 10.6. The van der Waals surface area contributed by atoms with Gasteiger partial charge in [-0.3, -0.25) is 4.79 Å². The van der Waals surface area contributed by atoms with E-state index in [1.807, 2.05) is 55.5 Å². The standard InChI is InChI=1S/C20H19ClN2O2/c1-14-23-20(15-7-3-2-4-8-15)18(25-14)11-12-22-19(24)13-16-9-5-6-10-17(16)21/h2-10H,11-13H2,1H3,(H,22,24). The Morgan fingerprint density at radius 2 is 1.84 bits per heavy atom. The summed E-state index contributed by atoms with van der Waals surface area (Å²) in [5.41, 5.74) is 2.66.